The summed E-state index contributed by atoms with van der Waals surface area (Å²) in [5.74, 6) is 1.04. The van der Waals surface area contributed by atoms with Gasteiger partial charge in [-0.15, -0.1) is 0 Å². The Bertz CT molecular complexity index is 915. The van der Waals surface area contributed by atoms with Crippen LogP contribution in [0.3, 0.4) is 0 Å². The molecule has 1 N–H and O–H groups in total. The molecule has 2 fully saturated rings. The molecule has 178 valence electrons. The molecule has 9 heteroatoms. The molecule has 1 saturated heterocycles. The first kappa shape index (κ1) is 23.4. The molecule has 2 aromatic rings. The second-order valence-corrected chi connectivity index (χ2v) is 9.21. The summed E-state index contributed by atoms with van der Waals surface area (Å²) in [7, 11) is 0. The van der Waals surface area contributed by atoms with Gasteiger partial charge in [-0.2, -0.15) is 4.98 Å². The third-order valence-electron chi connectivity index (χ3n) is 6.68. The Morgan fingerprint density at radius 2 is 1.88 bits per heavy atom. The quantitative estimate of drug-likeness (QED) is 0.641. The van der Waals surface area contributed by atoms with Crippen molar-refractivity contribution in [1.82, 2.24) is 30.2 Å². The number of carbonyl (C=O) groups excluding carboxylic acids is 2. The van der Waals surface area contributed by atoms with Gasteiger partial charge in [0.1, 0.15) is 5.54 Å². The minimum atomic E-state index is -0.557. The smallest absolute Gasteiger partial charge is 0.227 e. The Morgan fingerprint density at radius 3 is 2.55 bits per heavy atom. The third-order valence-corrected chi connectivity index (χ3v) is 6.68. The lowest BCUT2D eigenvalue weighted by atomic mass is 9.89. The number of amides is 2. The van der Waals surface area contributed by atoms with Gasteiger partial charge in [0.15, 0.2) is 5.82 Å². The number of hydrogen-bond donors (Lipinski definition) is 1. The van der Waals surface area contributed by atoms with E-state index in [9.17, 15) is 9.59 Å². The number of piperazine rings is 1. The molecule has 2 aromatic heterocycles. The maximum absolute atomic E-state index is 12.7. The Labute approximate surface area is 194 Å². The number of aromatic nitrogens is 3. The van der Waals surface area contributed by atoms with Gasteiger partial charge in [0, 0.05) is 64.9 Å². The lowest BCUT2D eigenvalue weighted by Crippen LogP contribution is -2.48. The highest BCUT2D eigenvalue weighted by molar-refractivity contribution is 5.76. The molecule has 1 aliphatic heterocycles. The lowest BCUT2D eigenvalue weighted by molar-refractivity contribution is -0.133. The zero-order valence-corrected chi connectivity index (χ0v) is 19.5. The SMILES string of the molecule is CC(=O)NC1(c2noc(CCC(=O)N3CCN(Cc4cccnc4)CC3)n2)CCCCCC1. The second kappa shape index (κ2) is 10.9. The van der Waals surface area contributed by atoms with Crippen LogP contribution in [0, 0.1) is 0 Å². The van der Waals surface area contributed by atoms with E-state index in [0.717, 1.165) is 71.2 Å². The van der Waals surface area contributed by atoms with Gasteiger partial charge in [0.25, 0.3) is 0 Å². The van der Waals surface area contributed by atoms with Gasteiger partial charge in [-0.25, -0.2) is 0 Å². The number of nitrogens with zero attached hydrogens (tertiary/aromatic N) is 5. The van der Waals surface area contributed by atoms with Gasteiger partial charge in [-0.05, 0) is 24.5 Å². The molecule has 0 bridgehead atoms. The molecule has 4 rings (SSSR count). The van der Waals surface area contributed by atoms with Gasteiger partial charge in [0.2, 0.25) is 17.7 Å². The molecular formula is C24H34N6O3. The van der Waals surface area contributed by atoms with Crippen LogP contribution in [0.1, 0.15) is 69.1 Å². The highest BCUT2D eigenvalue weighted by Gasteiger charge is 2.38. The van der Waals surface area contributed by atoms with Gasteiger partial charge in [0.05, 0.1) is 0 Å². The molecule has 1 saturated carbocycles. The Kier molecular flexibility index (Phi) is 7.69. The van der Waals surface area contributed by atoms with Gasteiger partial charge in [-0.1, -0.05) is 36.9 Å². The fraction of sp³-hybridized carbons (Fsp3) is 0.625. The number of pyridine rings is 1. The summed E-state index contributed by atoms with van der Waals surface area (Å²) in [6.07, 6.45) is 10.4. The molecule has 1 aliphatic carbocycles. The van der Waals surface area contributed by atoms with Crippen molar-refractivity contribution in [2.45, 2.75) is 70.4 Å². The van der Waals surface area contributed by atoms with Crippen LogP contribution in [0.2, 0.25) is 0 Å². The standard InChI is InChI=1S/C24H34N6O3/c1-19(31)27-24(10-4-2-3-5-11-24)23-26-21(33-28-23)8-9-22(32)30-15-13-29(14-16-30)18-20-7-6-12-25-17-20/h6-7,12,17H,2-5,8-11,13-16,18H2,1H3,(H,27,31). The van der Waals surface area contributed by atoms with Crippen molar-refractivity contribution in [3.05, 3.63) is 41.8 Å². The largest absolute Gasteiger partial charge is 0.343 e. The predicted molar refractivity (Wildman–Crippen MR) is 122 cm³/mol. The van der Waals surface area contributed by atoms with Gasteiger partial charge in [-0.3, -0.25) is 19.5 Å². The second-order valence-electron chi connectivity index (χ2n) is 9.21. The van der Waals surface area contributed by atoms with Gasteiger partial charge >= 0.3 is 0 Å². The summed E-state index contributed by atoms with van der Waals surface area (Å²) < 4.78 is 5.49. The lowest BCUT2D eigenvalue weighted by Gasteiger charge is -2.34. The van der Waals surface area contributed by atoms with E-state index in [0.29, 0.717) is 24.6 Å². The van der Waals surface area contributed by atoms with Crippen LogP contribution >= 0.6 is 0 Å². The highest BCUT2D eigenvalue weighted by atomic mass is 16.5. The Morgan fingerprint density at radius 1 is 1.12 bits per heavy atom. The van der Waals surface area contributed by atoms with Crippen molar-refractivity contribution < 1.29 is 14.1 Å². The van der Waals surface area contributed by atoms with Crippen molar-refractivity contribution in [2.75, 3.05) is 26.2 Å². The van der Waals surface area contributed by atoms with Crippen molar-refractivity contribution in [3.8, 4) is 0 Å². The van der Waals surface area contributed by atoms with Crippen molar-refractivity contribution >= 4 is 11.8 Å². The van der Waals surface area contributed by atoms with E-state index in [-0.39, 0.29) is 11.8 Å². The van der Waals surface area contributed by atoms with Gasteiger partial charge < -0.3 is 14.7 Å². The fourth-order valence-electron chi connectivity index (χ4n) is 4.90. The first-order valence-electron chi connectivity index (χ1n) is 12.0. The van der Waals surface area contributed by atoms with Crippen LogP contribution in [-0.2, 0) is 28.1 Å². The summed E-state index contributed by atoms with van der Waals surface area (Å²) in [5.41, 5.74) is 0.633. The zero-order chi connectivity index (χ0) is 23.1. The molecule has 3 heterocycles. The van der Waals surface area contributed by atoms with Crippen LogP contribution in [-0.4, -0.2) is 62.9 Å². The van der Waals surface area contributed by atoms with Crippen LogP contribution in [0.25, 0.3) is 0 Å². The predicted octanol–water partition coefficient (Wildman–Crippen LogP) is 2.43. The minimum absolute atomic E-state index is 0.0823. The van der Waals surface area contributed by atoms with E-state index in [1.54, 1.807) is 6.20 Å². The molecule has 2 amide bonds. The molecular weight excluding hydrogens is 420 g/mol. The molecule has 0 spiro atoms. The minimum Gasteiger partial charge on any atom is -0.343 e. The number of aryl methyl sites for hydroxylation is 1. The molecule has 33 heavy (non-hydrogen) atoms. The van der Waals surface area contributed by atoms with E-state index < -0.39 is 5.54 Å². The Balaban J connectivity index is 1.28. The third kappa shape index (κ3) is 6.16. The molecule has 0 unspecified atom stereocenters. The van der Waals surface area contributed by atoms with Crippen molar-refractivity contribution in [1.29, 1.82) is 0 Å². The number of hydrogen-bond acceptors (Lipinski definition) is 7. The summed E-state index contributed by atoms with van der Waals surface area (Å²) in [6.45, 7) is 5.54. The zero-order valence-electron chi connectivity index (χ0n) is 19.5. The van der Waals surface area contributed by atoms with E-state index in [1.165, 1.54) is 12.5 Å². The first-order chi connectivity index (χ1) is 16.0. The molecule has 0 radical (unpaired) electrons. The van der Waals surface area contributed by atoms with E-state index in [4.69, 9.17) is 4.52 Å². The highest BCUT2D eigenvalue weighted by Crippen LogP contribution is 2.34. The van der Waals surface area contributed by atoms with Crippen LogP contribution in [0.5, 0.6) is 0 Å². The maximum Gasteiger partial charge on any atom is 0.227 e. The monoisotopic (exact) mass is 454 g/mol. The maximum atomic E-state index is 12.7. The summed E-state index contributed by atoms with van der Waals surface area (Å²) in [6, 6.07) is 4.03. The number of carbonyl (C=O) groups is 2. The summed E-state index contributed by atoms with van der Waals surface area (Å²) >= 11 is 0. The molecule has 9 nitrogen and oxygen atoms in total. The van der Waals surface area contributed by atoms with E-state index in [1.807, 2.05) is 17.2 Å². The Hall–Kier alpha value is -2.81. The fourth-order valence-corrected chi connectivity index (χ4v) is 4.90. The number of rotatable bonds is 7. The number of nitrogens with one attached hydrogen (secondary N) is 1. The average Bonchev–Trinajstić information content (AvgIpc) is 3.18. The van der Waals surface area contributed by atoms with Crippen molar-refractivity contribution in [3.63, 3.8) is 0 Å². The van der Waals surface area contributed by atoms with Crippen LogP contribution in [0.4, 0.5) is 0 Å². The van der Waals surface area contributed by atoms with E-state index >= 15 is 0 Å². The van der Waals surface area contributed by atoms with Crippen molar-refractivity contribution in [2.24, 2.45) is 0 Å². The molecule has 0 atom stereocenters. The first-order valence-corrected chi connectivity index (χ1v) is 12.0. The summed E-state index contributed by atoms with van der Waals surface area (Å²) in [4.78, 5) is 37.7. The van der Waals surface area contributed by atoms with Crippen LogP contribution in [0.15, 0.2) is 29.0 Å². The van der Waals surface area contributed by atoms with Crippen LogP contribution < -0.4 is 5.32 Å². The normalized spacial score (nSPS) is 19.1. The average molecular weight is 455 g/mol. The summed E-state index contributed by atoms with van der Waals surface area (Å²) in [5, 5.41) is 7.30. The van der Waals surface area contributed by atoms with E-state index in [2.05, 4.69) is 31.4 Å². The molecule has 2 aliphatic rings. The molecule has 0 aromatic carbocycles. The topological polar surface area (TPSA) is 104 Å².